The minimum atomic E-state index is -0.311. The van der Waals surface area contributed by atoms with Crippen LogP contribution in [0.25, 0.3) is 0 Å². The molecule has 4 heteroatoms. The molecule has 0 radical (unpaired) electrons. The van der Waals surface area contributed by atoms with Crippen molar-refractivity contribution in [3.05, 3.63) is 0 Å². The van der Waals surface area contributed by atoms with Crippen LogP contribution in [0.3, 0.4) is 0 Å². The number of likely N-dealkylation sites (N-methyl/N-ethyl adjacent to an activating group) is 1. The van der Waals surface area contributed by atoms with E-state index in [1.54, 1.807) is 12.5 Å². The third kappa shape index (κ3) is 2.67. The molecule has 0 spiro atoms. The van der Waals surface area contributed by atoms with Crippen molar-refractivity contribution in [2.75, 3.05) is 7.05 Å². The molecule has 0 bridgehead atoms. The molecule has 1 saturated carbocycles. The van der Waals surface area contributed by atoms with Gasteiger partial charge in [-0.05, 0) is 25.8 Å². The summed E-state index contributed by atoms with van der Waals surface area (Å²) in [6.45, 7) is 0. The van der Waals surface area contributed by atoms with Gasteiger partial charge in [0.25, 0.3) is 5.91 Å². The molecule has 1 aliphatic rings. The van der Waals surface area contributed by atoms with E-state index in [2.05, 4.69) is 5.32 Å². The van der Waals surface area contributed by atoms with Gasteiger partial charge >= 0.3 is 0 Å². The number of rotatable bonds is 3. The fraction of sp³-hybridized carbons (Fsp3) is 0.889. The number of hydroxylamine groups is 1. The average Bonchev–Trinajstić information content (AvgIpc) is 2.20. The highest BCUT2D eigenvalue weighted by Gasteiger charge is 2.27. The fourth-order valence-corrected chi connectivity index (χ4v) is 2.12. The molecular formula is C9H18N2O2. The van der Waals surface area contributed by atoms with Gasteiger partial charge in [0.15, 0.2) is 0 Å². The smallest absolute Gasteiger partial charge is 0.260 e. The molecule has 1 amide bonds. The number of carbonyl (C=O) groups excluding carboxylic acids is 1. The molecular weight excluding hydrogens is 168 g/mol. The molecule has 0 aromatic rings. The molecule has 0 aromatic heterocycles. The Kier molecular flexibility index (Phi) is 4.18. The molecule has 0 aliphatic heterocycles. The molecule has 13 heavy (non-hydrogen) atoms. The van der Waals surface area contributed by atoms with E-state index in [1.807, 2.05) is 0 Å². The number of carbonyl (C=O) groups is 1. The van der Waals surface area contributed by atoms with Crippen molar-refractivity contribution in [3.8, 4) is 0 Å². The lowest BCUT2D eigenvalue weighted by molar-refractivity contribution is -0.132. The van der Waals surface area contributed by atoms with E-state index in [1.165, 1.54) is 19.3 Å². The minimum absolute atomic E-state index is 0.231. The van der Waals surface area contributed by atoms with E-state index in [4.69, 9.17) is 5.21 Å². The van der Waals surface area contributed by atoms with Crippen molar-refractivity contribution in [1.29, 1.82) is 0 Å². The molecule has 4 nitrogen and oxygen atoms in total. The van der Waals surface area contributed by atoms with Crippen molar-refractivity contribution in [1.82, 2.24) is 10.8 Å². The van der Waals surface area contributed by atoms with Crippen LogP contribution in [0, 0.1) is 5.92 Å². The quantitative estimate of drug-likeness (QED) is 0.448. The first-order chi connectivity index (χ1) is 6.29. The molecule has 1 unspecified atom stereocenters. The number of hydrogen-bond acceptors (Lipinski definition) is 3. The molecule has 1 fully saturated rings. The lowest BCUT2D eigenvalue weighted by atomic mass is 9.83. The van der Waals surface area contributed by atoms with Gasteiger partial charge in [-0.2, -0.15) is 0 Å². The lowest BCUT2D eigenvalue weighted by Gasteiger charge is -2.28. The topological polar surface area (TPSA) is 61.4 Å². The summed E-state index contributed by atoms with van der Waals surface area (Å²) in [6.07, 6.45) is 5.83. The van der Waals surface area contributed by atoms with Crippen LogP contribution in [-0.4, -0.2) is 24.2 Å². The van der Waals surface area contributed by atoms with Crippen LogP contribution in [0.2, 0.25) is 0 Å². The molecule has 0 aromatic carbocycles. The van der Waals surface area contributed by atoms with Crippen LogP contribution in [0.1, 0.15) is 32.1 Å². The number of amides is 1. The Hall–Kier alpha value is -0.610. The summed E-state index contributed by atoms with van der Waals surface area (Å²) in [5.74, 6) is 0.0697. The van der Waals surface area contributed by atoms with E-state index < -0.39 is 0 Å². The number of nitrogens with one attached hydrogen (secondary N) is 2. The Morgan fingerprint density at radius 2 is 2.00 bits per heavy atom. The first-order valence-corrected chi connectivity index (χ1v) is 4.90. The first-order valence-electron chi connectivity index (χ1n) is 4.90. The van der Waals surface area contributed by atoms with E-state index in [-0.39, 0.29) is 11.9 Å². The molecule has 1 atom stereocenters. The van der Waals surface area contributed by atoms with Gasteiger partial charge < -0.3 is 5.32 Å². The highest BCUT2D eigenvalue weighted by Crippen LogP contribution is 2.26. The van der Waals surface area contributed by atoms with Gasteiger partial charge in [-0.3, -0.25) is 10.0 Å². The Balaban J connectivity index is 2.48. The third-order valence-corrected chi connectivity index (χ3v) is 2.82. The van der Waals surface area contributed by atoms with Gasteiger partial charge in [-0.15, -0.1) is 0 Å². The van der Waals surface area contributed by atoms with Gasteiger partial charge in [0.2, 0.25) is 0 Å². The van der Waals surface area contributed by atoms with Gasteiger partial charge in [0.05, 0.1) is 6.04 Å². The van der Waals surface area contributed by atoms with Crippen LogP contribution in [0.15, 0.2) is 0 Å². The summed E-state index contributed by atoms with van der Waals surface area (Å²) in [4.78, 5) is 11.2. The minimum Gasteiger partial charge on any atom is -0.309 e. The maximum absolute atomic E-state index is 11.2. The summed E-state index contributed by atoms with van der Waals surface area (Å²) in [5.41, 5.74) is 1.71. The largest absolute Gasteiger partial charge is 0.309 e. The monoisotopic (exact) mass is 186 g/mol. The molecule has 1 rings (SSSR count). The van der Waals surface area contributed by atoms with Crippen LogP contribution < -0.4 is 10.8 Å². The van der Waals surface area contributed by atoms with E-state index in [0.29, 0.717) is 5.92 Å². The standard InChI is InChI=1S/C9H18N2O2/c1-10-8(9(12)11-13)7-5-3-2-4-6-7/h7-8,10,13H,2-6H2,1H3,(H,11,12). The second-order valence-corrected chi connectivity index (χ2v) is 3.64. The van der Waals surface area contributed by atoms with Crippen LogP contribution >= 0.6 is 0 Å². The van der Waals surface area contributed by atoms with Crippen molar-refractivity contribution in [3.63, 3.8) is 0 Å². The van der Waals surface area contributed by atoms with Crippen molar-refractivity contribution >= 4 is 5.91 Å². The second-order valence-electron chi connectivity index (χ2n) is 3.64. The summed E-state index contributed by atoms with van der Waals surface area (Å²) in [7, 11) is 1.76. The van der Waals surface area contributed by atoms with E-state index in [0.717, 1.165) is 12.8 Å². The zero-order valence-corrected chi connectivity index (χ0v) is 8.05. The maximum atomic E-state index is 11.2. The second kappa shape index (κ2) is 5.19. The van der Waals surface area contributed by atoms with E-state index in [9.17, 15) is 4.79 Å². The maximum Gasteiger partial charge on any atom is 0.260 e. The highest BCUT2D eigenvalue weighted by molar-refractivity contribution is 5.80. The SMILES string of the molecule is CNC(C(=O)NO)C1CCCCC1. The summed E-state index contributed by atoms with van der Waals surface area (Å²) in [5, 5.41) is 11.5. The summed E-state index contributed by atoms with van der Waals surface area (Å²) < 4.78 is 0. The summed E-state index contributed by atoms with van der Waals surface area (Å²) in [6, 6.07) is -0.231. The van der Waals surface area contributed by atoms with Crippen molar-refractivity contribution in [2.45, 2.75) is 38.1 Å². The van der Waals surface area contributed by atoms with Gasteiger partial charge in [0.1, 0.15) is 0 Å². The normalized spacial score (nSPS) is 21.1. The Morgan fingerprint density at radius 3 is 2.46 bits per heavy atom. The number of hydrogen-bond donors (Lipinski definition) is 3. The van der Waals surface area contributed by atoms with Crippen molar-refractivity contribution in [2.24, 2.45) is 5.92 Å². The van der Waals surface area contributed by atoms with Crippen molar-refractivity contribution < 1.29 is 10.0 Å². The molecule has 0 saturated heterocycles. The Labute approximate surface area is 78.7 Å². The first kappa shape index (κ1) is 10.5. The van der Waals surface area contributed by atoms with Crippen LogP contribution in [0.4, 0.5) is 0 Å². The fourth-order valence-electron chi connectivity index (χ4n) is 2.12. The highest BCUT2D eigenvalue weighted by atomic mass is 16.5. The predicted molar refractivity (Wildman–Crippen MR) is 49.4 cm³/mol. The van der Waals surface area contributed by atoms with Gasteiger partial charge in [0, 0.05) is 0 Å². The van der Waals surface area contributed by atoms with Crippen LogP contribution in [-0.2, 0) is 4.79 Å². The lowest BCUT2D eigenvalue weighted by Crippen LogP contribution is -2.46. The molecule has 76 valence electrons. The zero-order valence-electron chi connectivity index (χ0n) is 8.05. The molecule has 3 N–H and O–H groups in total. The third-order valence-electron chi connectivity index (χ3n) is 2.82. The Morgan fingerprint density at radius 1 is 1.38 bits per heavy atom. The van der Waals surface area contributed by atoms with E-state index >= 15 is 0 Å². The molecule has 0 heterocycles. The van der Waals surface area contributed by atoms with Crippen LogP contribution in [0.5, 0.6) is 0 Å². The summed E-state index contributed by atoms with van der Waals surface area (Å²) >= 11 is 0. The average molecular weight is 186 g/mol. The zero-order chi connectivity index (χ0) is 9.68. The van der Waals surface area contributed by atoms with Gasteiger partial charge in [-0.25, -0.2) is 5.48 Å². The van der Waals surface area contributed by atoms with Gasteiger partial charge in [-0.1, -0.05) is 19.3 Å². The molecule has 1 aliphatic carbocycles. The predicted octanol–water partition coefficient (Wildman–Crippen LogP) is 0.660. The Bertz CT molecular complexity index is 167.